The van der Waals surface area contributed by atoms with Gasteiger partial charge in [-0.25, -0.2) is 9.97 Å². The number of aromatic nitrogens is 2. The minimum absolute atomic E-state index is 0.261. The first-order chi connectivity index (χ1) is 7.25. The first-order valence-corrected chi connectivity index (χ1v) is 5.14. The third kappa shape index (κ3) is 3.71. The fourth-order valence-electron chi connectivity index (χ4n) is 1.38. The third-order valence-electron chi connectivity index (χ3n) is 2.22. The molecule has 0 spiro atoms. The molecule has 84 valence electrons. The first-order valence-electron chi connectivity index (χ1n) is 5.14. The highest BCUT2D eigenvalue weighted by atomic mass is 16.2. The molecule has 0 saturated heterocycles. The Morgan fingerprint density at radius 3 is 2.67 bits per heavy atom. The molecule has 3 N–H and O–H groups in total. The topological polar surface area (TPSA) is 75.3 Å². The normalized spacial score (nSPS) is 10.3. The van der Waals surface area contributed by atoms with Crippen molar-refractivity contribution in [3.8, 4) is 0 Å². The molecule has 1 aromatic heterocycles. The van der Waals surface area contributed by atoms with Crippen LogP contribution in [0.5, 0.6) is 0 Å². The van der Waals surface area contributed by atoms with Gasteiger partial charge >= 0.3 is 0 Å². The Hall–Kier alpha value is -1.36. The molecule has 0 aliphatic carbocycles. The molecule has 0 unspecified atom stereocenters. The molecule has 1 rings (SSSR count). The van der Waals surface area contributed by atoms with Gasteiger partial charge < -0.3 is 15.7 Å². The molecule has 5 heteroatoms. The Morgan fingerprint density at radius 1 is 1.27 bits per heavy atom. The smallest absolute Gasteiger partial charge is 0.171 e. The number of aliphatic hydroxyl groups is 1. The summed E-state index contributed by atoms with van der Waals surface area (Å²) in [6, 6.07) is 0. The zero-order chi connectivity index (χ0) is 11.1. The van der Waals surface area contributed by atoms with Crippen LogP contribution in [0.25, 0.3) is 0 Å². The molecule has 0 saturated carbocycles. The summed E-state index contributed by atoms with van der Waals surface area (Å²) in [5.74, 6) is 1.18. The van der Waals surface area contributed by atoms with Crippen molar-refractivity contribution >= 4 is 11.6 Å². The van der Waals surface area contributed by atoms with Crippen LogP contribution in [0.15, 0.2) is 12.4 Å². The number of unbranched alkanes of at least 4 members (excludes halogenated alkanes) is 2. The summed E-state index contributed by atoms with van der Waals surface area (Å²) < 4.78 is 0. The molecule has 0 aliphatic heterocycles. The van der Waals surface area contributed by atoms with Crippen molar-refractivity contribution in [3.63, 3.8) is 0 Å². The van der Waals surface area contributed by atoms with E-state index in [0.29, 0.717) is 5.82 Å². The number of hydrogen-bond acceptors (Lipinski definition) is 5. The highest BCUT2D eigenvalue weighted by Gasteiger charge is 2.06. The lowest BCUT2D eigenvalue weighted by Crippen LogP contribution is -2.21. The average Bonchev–Trinajstić information content (AvgIpc) is 2.25. The largest absolute Gasteiger partial charge is 0.396 e. The summed E-state index contributed by atoms with van der Waals surface area (Å²) in [5.41, 5.74) is 5.70. The minimum atomic E-state index is 0.261. The van der Waals surface area contributed by atoms with Gasteiger partial charge in [-0.2, -0.15) is 0 Å². The summed E-state index contributed by atoms with van der Waals surface area (Å²) in [4.78, 5) is 10.1. The summed E-state index contributed by atoms with van der Waals surface area (Å²) in [6.07, 6.45) is 6.10. The van der Waals surface area contributed by atoms with Gasteiger partial charge in [0.1, 0.15) is 0 Å². The van der Waals surface area contributed by atoms with Crippen molar-refractivity contribution in [1.29, 1.82) is 0 Å². The maximum Gasteiger partial charge on any atom is 0.171 e. The molecule has 0 radical (unpaired) electrons. The lowest BCUT2D eigenvalue weighted by molar-refractivity contribution is 0.283. The number of nitrogens with two attached hydrogens (primary N) is 1. The van der Waals surface area contributed by atoms with Crippen LogP contribution in [0.1, 0.15) is 19.3 Å². The van der Waals surface area contributed by atoms with Crippen molar-refractivity contribution in [2.45, 2.75) is 19.3 Å². The van der Waals surface area contributed by atoms with Gasteiger partial charge in [-0.15, -0.1) is 0 Å². The number of rotatable bonds is 6. The van der Waals surface area contributed by atoms with Crippen LogP contribution < -0.4 is 10.6 Å². The SMILES string of the molecule is CN(CCCCCO)c1nccnc1N. The molecule has 1 aromatic rings. The minimum Gasteiger partial charge on any atom is -0.396 e. The van der Waals surface area contributed by atoms with Gasteiger partial charge in [0, 0.05) is 32.6 Å². The van der Waals surface area contributed by atoms with Gasteiger partial charge in [0.05, 0.1) is 0 Å². The Kier molecular flexibility index (Phi) is 4.83. The number of hydrogen-bond donors (Lipinski definition) is 2. The van der Waals surface area contributed by atoms with Gasteiger partial charge in [0.15, 0.2) is 11.6 Å². The van der Waals surface area contributed by atoms with Crippen molar-refractivity contribution in [1.82, 2.24) is 9.97 Å². The number of nitrogens with zero attached hydrogens (tertiary/aromatic N) is 3. The van der Waals surface area contributed by atoms with Crippen molar-refractivity contribution in [2.24, 2.45) is 0 Å². The first kappa shape index (κ1) is 11.7. The van der Waals surface area contributed by atoms with Gasteiger partial charge in [0.25, 0.3) is 0 Å². The van der Waals surface area contributed by atoms with Crippen LogP contribution in [0, 0.1) is 0 Å². The molecule has 0 aromatic carbocycles. The summed E-state index contributed by atoms with van der Waals surface area (Å²) in [6.45, 7) is 1.14. The van der Waals surface area contributed by atoms with Crippen LogP contribution in [0.2, 0.25) is 0 Å². The van der Waals surface area contributed by atoms with E-state index in [2.05, 4.69) is 9.97 Å². The highest BCUT2D eigenvalue weighted by molar-refractivity contribution is 5.56. The highest BCUT2D eigenvalue weighted by Crippen LogP contribution is 2.15. The monoisotopic (exact) mass is 210 g/mol. The van der Waals surface area contributed by atoms with E-state index in [9.17, 15) is 0 Å². The molecule has 1 heterocycles. The fraction of sp³-hybridized carbons (Fsp3) is 0.600. The Balaban J connectivity index is 2.40. The lowest BCUT2D eigenvalue weighted by atomic mass is 10.2. The van der Waals surface area contributed by atoms with Crippen LogP contribution >= 0.6 is 0 Å². The second-order valence-corrected chi connectivity index (χ2v) is 3.47. The van der Waals surface area contributed by atoms with Crippen molar-refractivity contribution in [2.75, 3.05) is 30.8 Å². The summed E-state index contributed by atoms with van der Waals surface area (Å²) >= 11 is 0. The van der Waals surface area contributed by atoms with Crippen molar-refractivity contribution in [3.05, 3.63) is 12.4 Å². The van der Waals surface area contributed by atoms with Gasteiger partial charge in [-0.1, -0.05) is 0 Å². The zero-order valence-electron chi connectivity index (χ0n) is 9.06. The molecule has 0 bridgehead atoms. The second-order valence-electron chi connectivity index (χ2n) is 3.47. The number of anilines is 2. The number of aliphatic hydroxyl groups excluding tert-OH is 1. The molecule has 0 fully saturated rings. The second kappa shape index (κ2) is 6.19. The van der Waals surface area contributed by atoms with Crippen LogP contribution in [0.3, 0.4) is 0 Å². The van der Waals surface area contributed by atoms with E-state index >= 15 is 0 Å². The van der Waals surface area contributed by atoms with E-state index in [1.165, 1.54) is 0 Å². The summed E-state index contributed by atoms with van der Waals surface area (Å²) in [5, 5.41) is 8.64. The van der Waals surface area contributed by atoms with E-state index in [1.807, 2.05) is 11.9 Å². The predicted molar refractivity (Wildman–Crippen MR) is 60.7 cm³/mol. The van der Waals surface area contributed by atoms with Gasteiger partial charge in [0.2, 0.25) is 0 Å². The Bertz CT molecular complexity index is 293. The van der Waals surface area contributed by atoms with Gasteiger partial charge in [-0.3, -0.25) is 0 Å². The van der Waals surface area contributed by atoms with Crippen molar-refractivity contribution < 1.29 is 5.11 Å². The molecule has 0 amide bonds. The Labute approximate surface area is 90.0 Å². The fourth-order valence-corrected chi connectivity index (χ4v) is 1.38. The van der Waals surface area contributed by atoms with E-state index in [0.717, 1.165) is 31.6 Å². The third-order valence-corrected chi connectivity index (χ3v) is 2.22. The van der Waals surface area contributed by atoms with Crippen LogP contribution in [-0.2, 0) is 0 Å². The predicted octanol–water partition coefficient (Wildman–Crippen LogP) is 0.658. The zero-order valence-corrected chi connectivity index (χ0v) is 9.06. The van der Waals surface area contributed by atoms with Crippen LogP contribution in [-0.4, -0.2) is 35.3 Å². The molecule has 5 nitrogen and oxygen atoms in total. The average molecular weight is 210 g/mol. The van der Waals surface area contributed by atoms with E-state index in [1.54, 1.807) is 12.4 Å². The number of nitrogen functional groups attached to an aromatic ring is 1. The van der Waals surface area contributed by atoms with Crippen LogP contribution in [0.4, 0.5) is 11.6 Å². The van der Waals surface area contributed by atoms with E-state index < -0.39 is 0 Å². The van der Waals surface area contributed by atoms with E-state index in [-0.39, 0.29) is 6.61 Å². The van der Waals surface area contributed by atoms with E-state index in [4.69, 9.17) is 10.8 Å². The standard InChI is InChI=1S/C10H18N4O/c1-14(7-3-2-4-8-15)10-9(11)12-5-6-13-10/h5-6,15H,2-4,7-8H2,1H3,(H2,11,12). The molecular weight excluding hydrogens is 192 g/mol. The lowest BCUT2D eigenvalue weighted by Gasteiger charge is -2.18. The maximum atomic E-state index is 8.64. The Morgan fingerprint density at radius 2 is 2.00 bits per heavy atom. The molecule has 15 heavy (non-hydrogen) atoms. The molecule has 0 aliphatic rings. The molecular formula is C10H18N4O. The maximum absolute atomic E-state index is 8.64. The molecule has 0 atom stereocenters. The summed E-state index contributed by atoms with van der Waals surface area (Å²) in [7, 11) is 1.94. The quantitative estimate of drug-likeness (QED) is 0.674. The van der Waals surface area contributed by atoms with Gasteiger partial charge in [-0.05, 0) is 19.3 Å².